The number of aliphatic imine (C=N–C) groups is 1. The summed E-state index contributed by atoms with van der Waals surface area (Å²) < 4.78 is 15.1. The Kier molecular flexibility index (Phi) is 9.53. The number of carbonyl (C=O) groups is 1. The minimum Gasteiger partial charge on any atom is -0.337 e. The molecule has 5 N–H and O–H groups in total. The van der Waals surface area contributed by atoms with Crippen LogP contribution in [0.1, 0.15) is 30.2 Å². The van der Waals surface area contributed by atoms with E-state index in [-0.39, 0.29) is 11.7 Å². The van der Waals surface area contributed by atoms with Crippen molar-refractivity contribution in [2.24, 2.45) is 10.7 Å². The van der Waals surface area contributed by atoms with Gasteiger partial charge in [-0.1, -0.05) is 42.5 Å². The highest BCUT2D eigenvalue weighted by Crippen LogP contribution is 2.33. The number of nitrogens with two attached hydrogens (primary N) is 2. The summed E-state index contributed by atoms with van der Waals surface area (Å²) in [6, 6.07) is 12.5. The number of anilines is 1. The van der Waals surface area contributed by atoms with Gasteiger partial charge in [-0.3, -0.25) is 9.79 Å². The van der Waals surface area contributed by atoms with Crippen LogP contribution in [0.3, 0.4) is 0 Å². The van der Waals surface area contributed by atoms with E-state index < -0.39 is 6.04 Å². The second-order valence-electron chi connectivity index (χ2n) is 8.32. The zero-order valence-electron chi connectivity index (χ0n) is 20.8. The van der Waals surface area contributed by atoms with E-state index in [1.807, 2.05) is 42.5 Å². The SMILES string of the molecule is C#C.C/C=C(F)\C=C/Cc1c(C2=CC=NCC2)c2ccc(NC(=O)C(N)Cc3ccccc3)nc2n1N. The molecule has 1 aromatic carbocycles. The van der Waals surface area contributed by atoms with Crippen LogP contribution in [0.2, 0.25) is 0 Å². The van der Waals surface area contributed by atoms with E-state index in [4.69, 9.17) is 11.6 Å². The van der Waals surface area contributed by atoms with Crippen LogP contribution >= 0.6 is 0 Å². The van der Waals surface area contributed by atoms with E-state index in [1.54, 1.807) is 25.3 Å². The number of aromatic nitrogens is 2. The van der Waals surface area contributed by atoms with Crippen molar-refractivity contribution in [2.75, 3.05) is 17.7 Å². The Balaban J connectivity index is 0.00000186. The van der Waals surface area contributed by atoms with E-state index in [0.717, 1.165) is 34.2 Å². The summed E-state index contributed by atoms with van der Waals surface area (Å²) >= 11 is 0. The van der Waals surface area contributed by atoms with Crippen LogP contribution in [-0.4, -0.2) is 34.4 Å². The number of rotatable bonds is 8. The van der Waals surface area contributed by atoms with Crippen molar-refractivity contribution in [3.05, 3.63) is 89.4 Å². The normalized spacial score (nSPS) is 14.2. The number of halogens is 1. The van der Waals surface area contributed by atoms with E-state index in [0.29, 0.717) is 30.9 Å². The summed E-state index contributed by atoms with van der Waals surface area (Å²) in [5.41, 5.74) is 10.5. The molecular formula is C29H31FN6O. The molecule has 0 saturated carbocycles. The average Bonchev–Trinajstić information content (AvgIpc) is 3.21. The molecule has 37 heavy (non-hydrogen) atoms. The van der Waals surface area contributed by atoms with Crippen molar-refractivity contribution in [2.45, 2.75) is 32.2 Å². The fourth-order valence-corrected chi connectivity index (χ4v) is 4.11. The molecule has 0 bridgehead atoms. The number of nitrogens with one attached hydrogen (secondary N) is 1. The first kappa shape index (κ1) is 27.1. The molecule has 1 unspecified atom stereocenters. The van der Waals surface area contributed by atoms with Gasteiger partial charge in [0, 0.05) is 30.1 Å². The lowest BCUT2D eigenvalue weighted by molar-refractivity contribution is -0.117. The van der Waals surface area contributed by atoms with Crippen molar-refractivity contribution < 1.29 is 9.18 Å². The monoisotopic (exact) mass is 498 g/mol. The third-order valence-electron chi connectivity index (χ3n) is 5.92. The maximum Gasteiger partial charge on any atom is 0.242 e. The molecule has 0 radical (unpaired) electrons. The Morgan fingerprint density at radius 2 is 2.00 bits per heavy atom. The van der Waals surface area contributed by atoms with Gasteiger partial charge in [0.2, 0.25) is 5.91 Å². The van der Waals surface area contributed by atoms with Gasteiger partial charge in [0.15, 0.2) is 5.65 Å². The van der Waals surface area contributed by atoms with Gasteiger partial charge in [-0.15, -0.1) is 12.8 Å². The van der Waals surface area contributed by atoms with Gasteiger partial charge in [0.25, 0.3) is 0 Å². The van der Waals surface area contributed by atoms with Crippen molar-refractivity contribution in [3.8, 4) is 12.8 Å². The first-order valence-electron chi connectivity index (χ1n) is 11.9. The molecule has 7 nitrogen and oxygen atoms in total. The molecule has 0 spiro atoms. The lowest BCUT2D eigenvalue weighted by atomic mass is 9.97. The summed E-state index contributed by atoms with van der Waals surface area (Å²) in [5.74, 6) is 6.19. The highest BCUT2D eigenvalue weighted by molar-refractivity contribution is 5.99. The number of nitrogen functional groups attached to an aromatic ring is 1. The second kappa shape index (κ2) is 13.0. The first-order valence-corrected chi connectivity index (χ1v) is 11.9. The van der Waals surface area contributed by atoms with Crippen LogP contribution in [0.5, 0.6) is 0 Å². The lowest BCUT2D eigenvalue weighted by Gasteiger charge is -2.12. The highest BCUT2D eigenvalue weighted by Gasteiger charge is 2.21. The number of dihydropyridines is 1. The number of hydrogen-bond acceptors (Lipinski definition) is 5. The van der Waals surface area contributed by atoms with Gasteiger partial charge < -0.3 is 16.9 Å². The smallest absolute Gasteiger partial charge is 0.242 e. The van der Waals surface area contributed by atoms with Crippen molar-refractivity contribution in [1.29, 1.82) is 0 Å². The topological polar surface area (TPSA) is 111 Å². The van der Waals surface area contributed by atoms with E-state index in [2.05, 4.69) is 28.1 Å². The molecule has 4 rings (SSSR count). The molecule has 0 fully saturated rings. The third kappa shape index (κ3) is 6.60. The summed E-state index contributed by atoms with van der Waals surface area (Å²) in [4.78, 5) is 21.6. The van der Waals surface area contributed by atoms with Gasteiger partial charge in [-0.2, -0.15) is 0 Å². The van der Waals surface area contributed by atoms with Crippen LogP contribution in [0.4, 0.5) is 10.2 Å². The lowest BCUT2D eigenvalue weighted by Crippen LogP contribution is -2.37. The van der Waals surface area contributed by atoms with E-state index in [9.17, 15) is 9.18 Å². The molecule has 2 aromatic heterocycles. The molecule has 3 aromatic rings. The van der Waals surface area contributed by atoms with Crippen LogP contribution in [0.15, 0.2) is 77.6 Å². The maximum absolute atomic E-state index is 13.6. The van der Waals surface area contributed by atoms with Crippen LogP contribution in [0, 0.1) is 12.8 Å². The van der Waals surface area contributed by atoms with Gasteiger partial charge in [-0.05, 0) is 55.2 Å². The fourth-order valence-electron chi connectivity index (χ4n) is 4.11. The minimum absolute atomic E-state index is 0.315. The largest absolute Gasteiger partial charge is 0.337 e. The molecule has 1 amide bonds. The van der Waals surface area contributed by atoms with Crippen LogP contribution in [0.25, 0.3) is 16.6 Å². The Labute approximate surface area is 216 Å². The number of amides is 1. The predicted molar refractivity (Wildman–Crippen MR) is 150 cm³/mol. The van der Waals surface area contributed by atoms with E-state index >= 15 is 0 Å². The summed E-state index contributed by atoms with van der Waals surface area (Å²) in [6.07, 6.45) is 17.9. The van der Waals surface area contributed by atoms with Crippen molar-refractivity contribution in [1.82, 2.24) is 9.66 Å². The van der Waals surface area contributed by atoms with Crippen molar-refractivity contribution in [3.63, 3.8) is 0 Å². The van der Waals surface area contributed by atoms with Crippen molar-refractivity contribution >= 4 is 34.5 Å². The van der Waals surface area contributed by atoms with Crippen LogP contribution < -0.4 is 16.9 Å². The zero-order chi connectivity index (χ0) is 26.8. The number of benzene rings is 1. The molecular weight excluding hydrogens is 467 g/mol. The number of allylic oxidation sites excluding steroid dienone is 5. The molecule has 8 heteroatoms. The number of nitrogens with zero attached hydrogens (tertiary/aromatic N) is 3. The van der Waals surface area contributed by atoms with E-state index in [1.165, 1.54) is 16.8 Å². The summed E-state index contributed by atoms with van der Waals surface area (Å²) in [6.45, 7) is 2.33. The molecule has 1 aliphatic rings. The van der Waals surface area contributed by atoms with Gasteiger partial charge in [-0.25, -0.2) is 14.1 Å². The molecule has 190 valence electrons. The highest BCUT2D eigenvalue weighted by atomic mass is 19.1. The number of fused-ring (bicyclic) bond motifs is 1. The third-order valence-corrected chi connectivity index (χ3v) is 5.92. The Morgan fingerprint density at radius 1 is 1.24 bits per heavy atom. The predicted octanol–water partition coefficient (Wildman–Crippen LogP) is 4.34. The Hall–Kier alpha value is -4.48. The number of hydrogen-bond donors (Lipinski definition) is 3. The summed E-state index contributed by atoms with van der Waals surface area (Å²) in [7, 11) is 0. The quantitative estimate of drug-likeness (QED) is 0.244. The molecule has 0 saturated heterocycles. The van der Waals surface area contributed by atoms with Gasteiger partial charge in [0.05, 0.1) is 11.7 Å². The zero-order valence-corrected chi connectivity index (χ0v) is 20.8. The average molecular weight is 499 g/mol. The molecule has 3 heterocycles. The number of terminal acetylenes is 1. The van der Waals surface area contributed by atoms with Gasteiger partial charge >= 0.3 is 0 Å². The number of pyridine rings is 1. The summed E-state index contributed by atoms with van der Waals surface area (Å²) in [5, 5.41) is 3.66. The fraction of sp³-hybridized carbons (Fsp3) is 0.207. The molecule has 1 aliphatic heterocycles. The molecule has 1 atom stereocenters. The molecule has 0 aliphatic carbocycles. The number of carbonyl (C=O) groups excluding carboxylic acids is 1. The van der Waals surface area contributed by atoms with Crippen LogP contribution in [-0.2, 0) is 17.6 Å². The Morgan fingerprint density at radius 3 is 2.68 bits per heavy atom. The standard InChI is InChI=1S/C27H29FN6O.C2H2/c1-2-20(28)9-6-10-23-25(19-13-15-31-16-14-19)21-11-12-24(32-26(21)34(23)30)33-27(35)22(29)17-18-7-4-3-5-8-18;1-2/h2-9,11-13,15,22H,10,14,16-17,29-30H2,1H3,(H,32,33,35);1-2H/b9-6-,20-2+;. The minimum atomic E-state index is -0.719. The van der Waals surface area contributed by atoms with Gasteiger partial charge in [0.1, 0.15) is 11.6 Å². The first-order chi connectivity index (χ1) is 18.0. The maximum atomic E-state index is 13.6. The Bertz CT molecular complexity index is 1380. The second-order valence-corrected chi connectivity index (χ2v) is 8.32.